The Morgan fingerprint density at radius 2 is 1.89 bits per heavy atom. The Morgan fingerprint density at radius 1 is 1.22 bits per heavy atom. The molecule has 0 aliphatic rings. The number of aromatic carboxylic acids is 1. The van der Waals surface area contributed by atoms with Gasteiger partial charge >= 0.3 is 5.97 Å². The van der Waals surface area contributed by atoms with Crippen molar-refractivity contribution in [3.05, 3.63) is 58.4 Å². The van der Waals surface area contributed by atoms with E-state index in [-0.39, 0.29) is 0 Å². The maximum Gasteiger partial charge on any atom is 0.337 e. The van der Waals surface area contributed by atoms with E-state index in [4.69, 9.17) is 5.11 Å². The zero-order valence-corrected chi connectivity index (χ0v) is 10.9. The molecule has 0 saturated carbocycles. The van der Waals surface area contributed by atoms with Crippen molar-refractivity contribution in [3.8, 4) is 0 Å². The van der Waals surface area contributed by atoms with Gasteiger partial charge < -0.3 is 9.67 Å². The summed E-state index contributed by atoms with van der Waals surface area (Å²) < 4.78 is 2.05. The van der Waals surface area contributed by atoms with Gasteiger partial charge in [-0.15, -0.1) is 0 Å². The van der Waals surface area contributed by atoms with E-state index in [1.54, 1.807) is 6.07 Å². The van der Waals surface area contributed by atoms with Crippen LogP contribution in [0.15, 0.2) is 30.3 Å². The Hall–Kier alpha value is -2.03. The van der Waals surface area contributed by atoms with Crippen molar-refractivity contribution in [1.29, 1.82) is 0 Å². The third kappa shape index (κ3) is 2.16. The molecule has 18 heavy (non-hydrogen) atoms. The number of hydrogen-bond donors (Lipinski definition) is 1. The molecule has 0 spiro atoms. The van der Waals surface area contributed by atoms with Crippen molar-refractivity contribution in [2.75, 3.05) is 0 Å². The molecular formula is C15H17NO2. The van der Waals surface area contributed by atoms with Crippen LogP contribution in [0.2, 0.25) is 0 Å². The summed E-state index contributed by atoms with van der Waals surface area (Å²) in [5.74, 6) is -0.862. The number of carboxylic acid groups (broad SMARTS) is 1. The fraction of sp³-hybridized carbons (Fsp3) is 0.267. The molecule has 0 atom stereocenters. The molecule has 0 aliphatic heterocycles. The van der Waals surface area contributed by atoms with Crippen LogP contribution in [-0.4, -0.2) is 15.6 Å². The Labute approximate surface area is 107 Å². The van der Waals surface area contributed by atoms with E-state index < -0.39 is 5.97 Å². The zero-order valence-electron chi connectivity index (χ0n) is 10.9. The molecule has 2 rings (SSSR count). The van der Waals surface area contributed by atoms with Crippen LogP contribution in [0.25, 0.3) is 0 Å². The standard InChI is InChI=1S/C15H17NO2/c1-10-6-4-5-7-13(10)9-16-11(2)8-14(12(16)3)15(17)18/h4-8H,9H2,1-3H3,(H,17,18). The lowest BCUT2D eigenvalue weighted by Gasteiger charge is -2.11. The minimum atomic E-state index is -0.862. The van der Waals surface area contributed by atoms with Gasteiger partial charge in [-0.05, 0) is 38.0 Å². The molecule has 1 aromatic carbocycles. The van der Waals surface area contributed by atoms with Gasteiger partial charge in [0.25, 0.3) is 0 Å². The summed E-state index contributed by atoms with van der Waals surface area (Å²) in [6, 6.07) is 9.90. The monoisotopic (exact) mass is 243 g/mol. The van der Waals surface area contributed by atoms with Crippen LogP contribution in [-0.2, 0) is 6.54 Å². The molecule has 1 N–H and O–H groups in total. The number of aryl methyl sites for hydroxylation is 2. The van der Waals surface area contributed by atoms with Gasteiger partial charge in [0.1, 0.15) is 0 Å². The normalized spacial score (nSPS) is 10.6. The van der Waals surface area contributed by atoms with Gasteiger partial charge in [-0.3, -0.25) is 0 Å². The fourth-order valence-electron chi connectivity index (χ4n) is 2.22. The van der Waals surface area contributed by atoms with Crippen molar-refractivity contribution < 1.29 is 9.90 Å². The first-order valence-corrected chi connectivity index (χ1v) is 5.95. The van der Waals surface area contributed by atoms with Gasteiger partial charge in [-0.1, -0.05) is 24.3 Å². The predicted octanol–water partition coefficient (Wildman–Crippen LogP) is 3.16. The summed E-state index contributed by atoms with van der Waals surface area (Å²) in [7, 11) is 0. The average molecular weight is 243 g/mol. The maximum absolute atomic E-state index is 11.1. The lowest BCUT2D eigenvalue weighted by molar-refractivity contribution is 0.0696. The molecule has 94 valence electrons. The van der Waals surface area contributed by atoms with Gasteiger partial charge in [0.05, 0.1) is 5.56 Å². The molecule has 0 bridgehead atoms. The van der Waals surface area contributed by atoms with Crippen LogP contribution in [0.4, 0.5) is 0 Å². The first-order chi connectivity index (χ1) is 8.50. The molecule has 1 aromatic heterocycles. The molecule has 0 aliphatic carbocycles. The SMILES string of the molecule is Cc1ccccc1Cn1c(C)cc(C(=O)O)c1C. The molecular weight excluding hydrogens is 226 g/mol. The number of benzene rings is 1. The Kier molecular flexibility index (Phi) is 3.24. The van der Waals surface area contributed by atoms with Crippen molar-refractivity contribution in [3.63, 3.8) is 0 Å². The average Bonchev–Trinajstić information content (AvgIpc) is 2.60. The molecule has 0 radical (unpaired) electrons. The quantitative estimate of drug-likeness (QED) is 0.899. The molecule has 0 amide bonds. The smallest absolute Gasteiger partial charge is 0.337 e. The molecule has 0 saturated heterocycles. The second kappa shape index (κ2) is 4.69. The van der Waals surface area contributed by atoms with E-state index in [9.17, 15) is 4.79 Å². The van der Waals surface area contributed by atoms with E-state index in [2.05, 4.69) is 19.1 Å². The second-order valence-corrected chi connectivity index (χ2v) is 4.60. The zero-order chi connectivity index (χ0) is 13.3. The van der Waals surface area contributed by atoms with Crippen LogP contribution in [0.3, 0.4) is 0 Å². The van der Waals surface area contributed by atoms with E-state index in [0.717, 1.165) is 17.9 Å². The van der Waals surface area contributed by atoms with Crippen molar-refractivity contribution in [1.82, 2.24) is 4.57 Å². The van der Waals surface area contributed by atoms with E-state index >= 15 is 0 Å². The number of aromatic nitrogens is 1. The Morgan fingerprint density at radius 3 is 2.44 bits per heavy atom. The third-order valence-electron chi connectivity index (χ3n) is 3.39. The van der Waals surface area contributed by atoms with Gasteiger partial charge in [-0.2, -0.15) is 0 Å². The lowest BCUT2D eigenvalue weighted by atomic mass is 10.1. The van der Waals surface area contributed by atoms with Crippen LogP contribution < -0.4 is 0 Å². The van der Waals surface area contributed by atoms with Crippen LogP contribution in [0, 0.1) is 20.8 Å². The molecule has 0 unspecified atom stereocenters. The maximum atomic E-state index is 11.1. The Bertz CT molecular complexity index is 597. The molecule has 3 nitrogen and oxygen atoms in total. The fourth-order valence-corrected chi connectivity index (χ4v) is 2.22. The summed E-state index contributed by atoms with van der Waals surface area (Å²) in [4.78, 5) is 11.1. The van der Waals surface area contributed by atoms with Gasteiger partial charge in [0.2, 0.25) is 0 Å². The summed E-state index contributed by atoms with van der Waals surface area (Å²) in [5, 5.41) is 9.11. The topological polar surface area (TPSA) is 42.2 Å². The third-order valence-corrected chi connectivity index (χ3v) is 3.39. The number of rotatable bonds is 3. The van der Waals surface area contributed by atoms with Crippen LogP contribution in [0.1, 0.15) is 32.9 Å². The highest BCUT2D eigenvalue weighted by molar-refractivity contribution is 5.89. The highest BCUT2D eigenvalue weighted by atomic mass is 16.4. The van der Waals surface area contributed by atoms with E-state index in [0.29, 0.717) is 5.56 Å². The van der Waals surface area contributed by atoms with Gasteiger partial charge in [0, 0.05) is 17.9 Å². The predicted molar refractivity (Wildman–Crippen MR) is 71.1 cm³/mol. The highest BCUT2D eigenvalue weighted by Gasteiger charge is 2.14. The molecule has 2 aromatic rings. The van der Waals surface area contributed by atoms with Crippen molar-refractivity contribution in [2.45, 2.75) is 27.3 Å². The minimum absolute atomic E-state index is 0.390. The highest BCUT2D eigenvalue weighted by Crippen LogP contribution is 2.18. The summed E-state index contributed by atoms with van der Waals surface area (Å²) in [5.41, 5.74) is 4.62. The van der Waals surface area contributed by atoms with Crippen LogP contribution >= 0.6 is 0 Å². The Balaban J connectivity index is 2.41. The van der Waals surface area contributed by atoms with E-state index in [1.165, 1.54) is 11.1 Å². The van der Waals surface area contributed by atoms with Crippen LogP contribution in [0.5, 0.6) is 0 Å². The molecule has 1 heterocycles. The molecule has 3 heteroatoms. The largest absolute Gasteiger partial charge is 0.478 e. The second-order valence-electron chi connectivity index (χ2n) is 4.60. The first kappa shape index (κ1) is 12.4. The van der Waals surface area contributed by atoms with Crippen molar-refractivity contribution >= 4 is 5.97 Å². The summed E-state index contributed by atoms with van der Waals surface area (Å²) in [6.07, 6.45) is 0. The summed E-state index contributed by atoms with van der Waals surface area (Å²) >= 11 is 0. The van der Waals surface area contributed by atoms with Gasteiger partial charge in [0.15, 0.2) is 0 Å². The first-order valence-electron chi connectivity index (χ1n) is 5.95. The number of carboxylic acids is 1. The van der Waals surface area contributed by atoms with Gasteiger partial charge in [-0.25, -0.2) is 4.79 Å². The lowest BCUT2D eigenvalue weighted by Crippen LogP contribution is -2.06. The summed E-state index contributed by atoms with van der Waals surface area (Å²) in [6.45, 7) is 6.59. The molecule has 0 fully saturated rings. The minimum Gasteiger partial charge on any atom is -0.478 e. The van der Waals surface area contributed by atoms with Crippen molar-refractivity contribution in [2.24, 2.45) is 0 Å². The number of hydrogen-bond acceptors (Lipinski definition) is 1. The number of nitrogens with zero attached hydrogens (tertiary/aromatic N) is 1. The number of carbonyl (C=O) groups is 1. The van der Waals surface area contributed by atoms with E-state index in [1.807, 2.05) is 30.5 Å².